The molecule has 3 N–H and O–H groups in total. The highest BCUT2D eigenvalue weighted by atomic mass is 16.5. The first-order chi connectivity index (χ1) is 9.74. The average Bonchev–Trinajstić information content (AvgIpc) is 2.93. The van der Waals surface area contributed by atoms with E-state index in [1.807, 2.05) is 0 Å². The maximum Gasteiger partial charge on any atom is 0.241 e. The lowest BCUT2D eigenvalue weighted by atomic mass is 9.94. The fraction of sp³-hybridized carbons (Fsp3) is 0.769. The van der Waals surface area contributed by atoms with Crippen LogP contribution in [-0.4, -0.2) is 46.0 Å². The smallest absolute Gasteiger partial charge is 0.241 e. The van der Waals surface area contributed by atoms with Crippen molar-refractivity contribution in [3.63, 3.8) is 0 Å². The zero-order chi connectivity index (χ0) is 14.2. The van der Waals surface area contributed by atoms with Crippen LogP contribution in [0.1, 0.15) is 32.1 Å². The average molecular weight is 281 g/mol. The van der Waals surface area contributed by atoms with Gasteiger partial charge in [0.05, 0.1) is 6.10 Å². The summed E-state index contributed by atoms with van der Waals surface area (Å²) < 4.78 is 7.28. The minimum atomic E-state index is -0.0564. The molecule has 1 aliphatic carbocycles. The highest BCUT2D eigenvalue weighted by Crippen LogP contribution is 2.19. The predicted octanol–water partition coefficient (Wildman–Crippen LogP) is 0.0709. The van der Waals surface area contributed by atoms with Gasteiger partial charge in [-0.3, -0.25) is 4.79 Å². The SMILES string of the molecule is NC1CCC(OCCCNC(=O)Cn2cncn2)CC1. The van der Waals surface area contributed by atoms with E-state index in [0.717, 1.165) is 32.1 Å². The second kappa shape index (κ2) is 7.96. The van der Waals surface area contributed by atoms with Crippen LogP contribution in [0.25, 0.3) is 0 Å². The minimum absolute atomic E-state index is 0.0564. The molecule has 1 fully saturated rings. The number of aromatic nitrogens is 3. The summed E-state index contributed by atoms with van der Waals surface area (Å²) in [5.74, 6) is -0.0564. The Balaban J connectivity index is 1.48. The van der Waals surface area contributed by atoms with E-state index in [-0.39, 0.29) is 12.5 Å². The Morgan fingerprint density at radius 1 is 1.40 bits per heavy atom. The Kier molecular flexibility index (Phi) is 5.94. The molecule has 1 aliphatic rings. The van der Waals surface area contributed by atoms with Gasteiger partial charge in [-0.2, -0.15) is 5.10 Å². The van der Waals surface area contributed by atoms with Crippen molar-refractivity contribution in [1.82, 2.24) is 20.1 Å². The summed E-state index contributed by atoms with van der Waals surface area (Å²) in [5, 5.41) is 6.72. The normalized spacial score (nSPS) is 22.6. The van der Waals surface area contributed by atoms with Crippen LogP contribution < -0.4 is 11.1 Å². The quantitative estimate of drug-likeness (QED) is 0.690. The van der Waals surface area contributed by atoms with Gasteiger partial charge in [0, 0.05) is 19.2 Å². The fourth-order valence-electron chi connectivity index (χ4n) is 2.32. The van der Waals surface area contributed by atoms with Crippen molar-refractivity contribution in [2.45, 2.75) is 50.8 Å². The standard InChI is InChI=1S/C13H23N5O2/c14-11-2-4-12(5-3-11)20-7-1-6-16-13(19)8-18-10-15-9-17-18/h9-12H,1-8,14H2,(H,16,19). The molecule has 1 saturated carbocycles. The Morgan fingerprint density at radius 2 is 2.20 bits per heavy atom. The Labute approximate surface area is 118 Å². The predicted molar refractivity (Wildman–Crippen MR) is 73.8 cm³/mol. The molecular formula is C13H23N5O2. The van der Waals surface area contributed by atoms with Crippen LogP contribution >= 0.6 is 0 Å². The molecular weight excluding hydrogens is 258 g/mol. The van der Waals surface area contributed by atoms with E-state index in [1.165, 1.54) is 17.3 Å². The Bertz CT molecular complexity index is 387. The third kappa shape index (κ3) is 5.26. The summed E-state index contributed by atoms with van der Waals surface area (Å²) in [7, 11) is 0. The molecule has 0 atom stereocenters. The van der Waals surface area contributed by atoms with Crippen LogP contribution in [0, 0.1) is 0 Å². The van der Waals surface area contributed by atoms with Crippen molar-refractivity contribution >= 4 is 5.91 Å². The number of ether oxygens (including phenoxy) is 1. The summed E-state index contributed by atoms with van der Waals surface area (Å²) in [6.07, 6.45) is 8.33. The summed E-state index contributed by atoms with van der Waals surface area (Å²) in [5.41, 5.74) is 5.85. The third-order valence-electron chi connectivity index (χ3n) is 3.49. The minimum Gasteiger partial charge on any atom is -0.378 e. The molecule has 7 nitrogen and oxygen atoms in total. The van der Waals surface area contributed by atoms with Crippen LogP contribution in [0.3, 0.4) is 0 Å². The summed E-state index contributed by atoms with van der Waals surface area (Å²) in [4.78, 5) is 15.3. The van der Waals surface area contributed by atoms with Crippen LogP contribution in [0.15, 0.2) is 12.7 Å². The van der Waals surface area contributed by atoms with Gasteiger partial charge < -0.3 is 15.8 Å². The van der Waals surface area contributed by atoms with Crippen molar-refractivity contribution in [1.29, 1.82) is 0 Å². The Morgan fingerprint density at radius 3 is 2.90 bits per heavy atom. The zero-order valence-electron chi connectivity index (χ0n) is 11.7. The molecule has 1 heterocycles. The molecule has 7 heteroatoms. The van der Waals surface area contributed by atoms with Crippen molar-refractivity contribution < 1.29 is 9.53 Å². The van der Waals surface area contributed by atoms with Gasteiger partial charge in [0.1, 0.15) is 19.2 Å². The number of nitrogens with one attached hydrogen (secondary N) is 1. The van der Waals surface area contributed by atoms with Gasteiger partial charge in [0.2, 0.25) is 5.91 Å². The Hall–Kier alpha value is -1.47. The van der Waals surface area contributed by atoms with E-state index in [1.54, 1.807) is 0 Å². The highest BCUT2D eigenvalue weighted by Gasteiger charge is 2.18. The molecule has 0 unspecified atom stereocenters. The number of rotatable bonds is 7. The first kappa shape index (κ1) is 14.9. The molecule has 0 bridgehead atoms. The van der Waals surface area contributed by atoms with E-state index >= 15 is 0 Å². The van der Waals surface area contributed by atoms with Gasteiger partial charge in [0.25, 0.3) is 0 Å². The van der Waals surface area contributed by atoms with Gasteiger partial charge in [-0.25, -0.2) is 9.67 Å². The zero-order valence-corrected chi connectivity index (χ0v) is 11.7. The van der Waals surface area contributed by atoms with Crippen molar-refractivity contribution in [3.05, 3.63) is 12.7 Å². The maximum absolute atomic E-state index is 11.6. The molecule has 0 saturated heterocycles. The fourth-order valence-corrected chi connectivity index (χ4v) is 2.32. The number of carbonyl (C=O) groups is 1. The van der Waals surface area contributed by atoms with Gasteiger partial charge in [-0.05, 0) is 32.1 Å². The maximum atomic E-state index is 11.6. The topological polar surface area (TPSA) is 95.1 Å². The van der Waals surface area contributed by atoms with Crippen LogP contribution in [0.2, 0.25) is 0 Å². The second-order valence-corrected chi connectivity index (χ2v) is 5.20. The van der Waals surface area contributed by atoms with E-state index in [0.29, 0.717) is 25.3 Å². The third-order valence-corrected chi connectivity index (χ3v) is 3.49. The summed E-state index contributed by atoms with van der Waals surface area (Å²) >= 11 is 0. The lowest BCUT2D eigenvalue weighted by molar-refractivity contribution is -0.121. The molecule has 20 heavy (non-hydrogen) atoms. The van der Waals surface area contributed by atoms with Crippen molar-refractivity contribution in [2.75, 3.05) is 13.2 Å². The van der Waals surface area contributed by atoms with E-state index in [2.05, 4.69) is 15.4 Å². The summed E-state index contributed by atoms with van der Waals surface area (Å²) in [6.45, 7) is 1.52. The monoisotopic (exact) mass is 281 g/mol. The largest absolute Gasteiger partial charge is 0.378 e. The number of nitrogens with zero attached hydrogens (tertiary/aromatic N) is 3. The van der Waals surface area contributed by atoms with Crippen LogP contribution in [0.5, 0.6) is 0 Å². The number of hydrogen-bond donors (Lipinski definition) is 2. The van der Waals surface area contributed by atoms with Gasteiger partial charge in [0.15, 0.2) is 0 Å². The first-order valence-electron chi connectivity index (χ1n) is 7.20. The molecule has 1 aromatic rings. The molecule has 0 spiro atoms. The van der Waals surface area contributed by atoms with Crippen molar-refractivity contribution in [2.24, 2.45) is 5.73 Å². The number of nitrogens with two attached hydrogens (primary N) is 1. The number of hydrogen-bond acceptors (Lipinski definition) is 5. The summed E-state index contributed by atoms with van der Waals surface area (Å²) in [6, 6.07) is 0.353. The molecule has 0 radical (unpaired) electrons. The molecule has 0 aliphatic heterocycles. The number of carbonyl (C=O) groups excluding carboxylic acids is 1. The van der Waals surface area contributed by atoms with Crippen LogP contribution in [-0.2, 0) is 16.1 Å². The van der Waals surface area contributed by atoms with Gasteiger partial charge in [-0.15, -0.1) is 0 Å². The van der Waals surface area contributed by atoms with Gasteiger partial charge >= 0.3 is 0 Å². The van der Waals surface area contributed by atoms with E-state index in [9.17, 15) is 4.79 Å². The van der Waals surface area contributed by atoms with E-state index in [4.69, 9.17) is 10.5 Å². The molecule has 2 rings (SSSR count). The molecule has 1 aromatic heterocycles. The molecule has 1 amide bonds. The van der Waals surface area contributed by atoms with Crippen LogP contribution in [0.4, 0.5) is 0 Å². The molecule has 0 aromatic carbocycles. The second-order valence-electron chi connectivity index (χ2n) is 5.20. The first-order valence-corrected chi connectivity index (χ1v) is 7.20. The lowest BCUT2D eigenvalue weighted by Gasteiger charge is -2.26. The highest BCUT2D eigenvalue weighted by molar-refractivity contribution is 5.75. The van der Waals surface area contributed by atoms with Crippen molar-refractivity contribution in [3.8, 4) is 0 Å². The van der Waals surface area contributed by atoms with E-state index < -0.39 is 0 Å². The van der Waals surface area contributed by atoms with Gasteiger partial charge in [-0.1, -0.05) is 0 Å². The lowest BCUT2D eigenvalue weighted by Crippen LogP contribution is -2.31. The molecule has 112 valence electrons. The number of amides is 1.